The van der Waals surface area contributed by atoms with Gasteiger partial charge < -0.3 is 24.8 Å². The first-order valence-corrected chi connectivity index (χ1v) is 1.76. The molecule has 5 nitrogen and oxygen atoms in total. The van der Waals surface area contributed by atoms with Crippen LogP contribution in [0.4, 0.5) is 8.63 Å². The van der Waals surface area contributed by atoms with Gasteiger partial charge in [-0.2, -0.15) is 0 Å². The van der Waals surface area contributed by atoms with Crippen LogP contribution in [0.1, 0.15) is 0 Å². The van der Waals surface area contributed by atoms with E-state index in [4.69, 9.17) is 24.8 Å². The Balaban J connectivity index is -0.000000114. The van der Waals surface area contributed by atoms with Crippen molar-refractivity contribution in [3.63, 3.8) is 0 Å². The Kier molecular flexibility index (Phi) is 14.4. The predicted molar refractivity (Wildman–Crippen MR) is 20.2 cm³/mol. The number of carbonyl (C=O) groups excluding carboxylic acids is 2. The number of carboxylic acid groups (broad SMARTS) is 2. The molecule has 0 saturated heterocycles. The van der Waals surface area contributed by atoms with Crippen molar-refractivity contribution >= 4 is 19.4 Å². The largest absolute Gasteiger partial charge is 2.00 e. The van der Waals surface area contributed by atoms with Gasteiger partial charge in [0, 0.05) is 0 Å². The minimum Gasteiger partial charge on any atom is -0.543 e. The van der Waals surface area contributed by atoms with Gasteiger partial charge >= 0.3 is 26.9 Å². The van der Waals surface area contributed by atoms with Crippen LogP contribution >= 0.6 is 0 Å². The van der Waals surface area contributed by atoms with Crippen LogP contribution in [0.15, 0.2) is 0 Å². The molecule has 0 aromatic heterocycles. The van der Waals surface area contributed by atoms with Gasteiger partial charge in [0.25, 0.3) is 0 Å². The third-order valence-electron chi connectivity index (χ3n) is 0.167. The normalized spacial score (nSPS) is 6.45. The molecule has 11 heavy (non-hydrogen) atoms. The van der Waals surface area contributed by atoms with Crippen molar-refractivity contribution < 1.29 is 52.9 Å². The molecule has 0 bridgehead atoms. The summed E-state index contributed by atoms with van der Waals surface area (Å²) in [7, 11) is -3.17. The van der Waals surface area contributed by atoms with E-state index in [2.05, 4.69) is 0 Å². The summed E-state index contributed by atoms with van der Waals surface area (Å²) in [5.41, 5.74) is 0. The average Bonchev–Trinajstić information content (AvgIpc) is 1.63. The van der Waals surface area contributed by atoms with Crippen molar-refractivity contribution in [1.29, 1.82) is 0 Å². The molecule has 0 saturated carbocycles. The fraction of sp³-hybridized carbons (Fsp3) is 0. The molecule has 0 heterocycles. The van der Waals surface area contributed by atoms with Crippen LogP contribution < -0.4 is 10.2 Å². The van der Waals surface area contributed by atoms with E-state index < -0.39 is 19.4 Å². The molecule has 0 aliphatic heterocycles. The number of hydrogen-bond donors (Lipinski definition) is 1. The summed E-state index contributed by atoms with van der Waals surface area (Å²) in [6.45, 7) is 0. The molecule has 1 N–H and O–H groups in total. The number of carboxylic acids is 2. The minimum atomic E-state index is -3.17. The molecular formula is C2HBF2O5Zn. The zero-order chi connectivity index (χ0) is 8.73. The maximum atomic E-state index is 9.89. The fourth-order valence-electron chi connectivity index (χ4n) is 0. The number of rotatable bonds is 0. The fourth-order valence-corrected chi connectivity index (χ4v) is 0. The predicted octanol–water partition coefficient (Wildman–Crippen LogP) is -3.61. The van der Waals surface area contributed by atoms with Crippen molar-refractivity contribution in [1.82, 2.24) is 0 Å². The summed E-state index contributed by atoms with van der Waals surface area (Å²) in [5.74, 6) is -4.37. The van der Waals surface area contributed by atoms with Gasteiger partial charge in [0.15, 0.2) is 0 Å². The molecular weight excluding hydrogens is 218 g/mol. The number of carbonyl (C=O) groups is 2. The van der Waals surface area contributed by atoms with E-state index >= 15 is 0 Å². The molecule has 0 amide bonds. The number of hydrogen-bond acceptors (Lipinski definition) is 5. The Morgan fingerprint density at radius 1 is 1.18 bits per heavy atom. The average molecular weight is 219 g/mol. The number of aliphatic carboxylic acids is 2. The molecule has 0 unspecified atom stereocenters. The van der Waals surface area contributed by atoms with E-state index in [0.717, 1.165) is 0 Å². The molecule has 0 aromatic carbocycles. The topological polar surface area (TPSA) is 100 Å². The van der Waals surface area contributed by atoms with Crippen LogP contribution in [0, 0.1) is 0 Å². The monoisotopic (exact) mass is 218 g/mol. The molecule has 0 aliphatic rings. The van der Waals surface area contributed by atoms with E-state index in [0.29, 0.717) is 0 Å². The summed E-state index contributed by atoms with van der Waals surface area (Å²) in [5, 5.41) is 24.6. The summed E-state index contributed by atoms with van der Waals surface area (Å²) >= 11 is 0. The Morgan fingerprint density at radius 3 is 1.27 bits per heavy atom. The van der Waals surface area contributed by atoms with Gasteiger partial charge in [-0.25, -0.2) is 0 Å². The SMILES string of the molecule is O=C([O-])C(=O)[O-].OB(F)F.[Zn+2]. The van der Waals surface area contributed by atoms with Gasteiger partial charge in [0.05, 0.1) is 11.9 Å². The first-order chi connectivity index (χ1) is 4.37. The van der Waals surface area contributed by atoms with Gasteiger partial charge in [0.2, 0.25) is 0 Å². The maximum absolute atomic E-state index is 9.89. The van der Waals surface area contributed by atoms with Crippen LogP contribution in [0.5, 0.6) is 0 Å². The quantitative estimate of drug-likeness (QED) is 0.335. The van der Waals surface area contributed by atoms with E-state index in [1.165, 1.54) is 0 Å². The molecule has 0 atom stereocenters. The zero-order valence-electron chi connectivity index (χ0n) is 5.12. The Bertz CT molecular complexity index is 115. The first-order valence-electron chi connectivity index (χ1n) is 1.76. The molecule has 58 valence electrons. The van der Waals surface area contributed by atoms with E-state index in [1.54, 1.807) is 0 Å². The summed E-state index contributed by atoms with van der Waals surface area (Å²) in [4.78, 5) is 17.9. The smallest absolute Gasteiger partial charge is 0.543 e. The molecule has 0 aromatic rings. The summed E-state index contributed by atoms with van der Waals surface area (Å²) in [6.07, 6.45) is 0. The van der Waals surface area contributed by atoms with Gasteiger partial charge in [-0.3, -0.25) is 8.63 Å². The molecule has 0 aliphatic carbocycles. The van der Waals surface area contributed by atoms with Crippen molar-refractivity contribution in [3.8, 4) is 0 Å². The van der Waals surface area contributed by atoms with Crippen LogP contribution in [0.2, 0.25) is 0 Å². The maximum Gasteiger partial charge on any atom is 2.00 e. The Hall–Kier alpha value is -0.552. The third-order valence-corrected chi connectivity index (χ3v) is 0.167. The van der Waals surface area contributed by atoms with Gasteiger partial charge in [-0.05, 0) is 0 Å². The molecule has 0 spiro atoms. The van der Waals surface area contributed by atoms with E-state index in [9.17, 15) is 8.63 Å². The molecule has 9 heteroatoms. The first kappa shape index (κ1) is 16.8. The van der Waals surface area contributed by atoms with Crippen molar-refractivity contribution in [2.24, 2.45) is 0 Å². The van der Waals surface area contributed by atoms with Crippen molar-refractivity contribution in [2.75, 3.05) is 0 Å². The summed E-state index contributed by atoms with van der Waals surface area (Å²) < 4.78 is 19.8. The van der Waals surface area contributed by atoms with Gasteiger partial charge in [-0.15, -0.1) is 0 Å². The van der Waals surface area contributed by atoms with Gasteiger partial charge in [0.1, 0.15) is 0 Å². The Labute approximate surface area is 73.0 Å². The number of halogens is 2. The second-order valence-corrected chi connectivity index (χ2v) is 0.853. The van der Waals surface area contributed by atoms with Crippen LogP contribution in [-0.4, -0.2) is 24.4 Å². The molecule has 0 fully saturated rings. The summed E-state index contributed by atoms with van der Waals surface area (Å²) in [6, 6.07) is 0. The van der Waals surface area contributed by atoms with Crippen molar-refractivity contribution in [2.45, 2.75) is 0 Å². The molecule has 0 radical (unpaired) electrons. The van der Waals surface area contributed by atoms with Gasteiger partial charge in [-0.1, -0.05) is 0 Å². The van der Waals surface area contributed by atoms with E-state index in [1.807, 2.05) is 0 Å². The second-order valence-electron chi connectivity index (χ2n) is 0.853. The van der Waals surface area contributed by atoms with Crippen LogP contribution in [-0.2, 0) is 29.1 Å². The third kappa shape index (κ3) is 44.1. The minimum absolute atomic E-state index is 0. The van der Waals surface area contributed by atoms with E-state index in [-0.39, 0.29) is 19.5 Å². The van der Waals surface area contributed by atoms with Crippen LogP contribution in [0.3, 0.4) is 0 Å². The zero-order valence-corrected chi connectivity index (χ0v) is 8.09. The standard InChI is InChI=1S/C2H2O4.BF2HO.Zn/c3-1(4)2(5)6;2-1(3)4;/h(H,3,4)(H,5,6);4H;/q;;+2/p-2. The van der Waals surface area contributed by atoms with Crippen molar-refractivity contribution in [3.05, 3.63) is 0 Å². The van der Waals surface area contributed by atoms with Crippen LogP contribution in [0.25, 0.3) is 0 Å². The second kappa shape index (κ2) is 9.45. The Morgan fingerprint density at radius 2 is 1.27 bits per heavy atom. The molecule has 0 rings (SSSR count).